The summed E-state index contributed by atoms with van der Waals surface area (Å²) in [6, 6.07) is 6.38. The molecule has 1 aromatic carbocycles. The summed E-state index contributed by atoms with van der Waals surface area (Å²) in [7, 11) is 0. The van der Waals surface area contributed by atoms with Crippen molar-refractivity contribution >= 4 is 17.5 Å². The normalized spacial score (nSPS) is 12.0. The smallest absolute Gasteiger partial charge is 0.251 e. The lowest BCUT2D eigenvalue weighted by molar-refractivity contribution is -0.116. The Kier molecular flexibility index (Phi) is 6.84. The average molecular weight is 293 g/mol. The average Bonchev–Trinajstić information content (AvgIpc) is 2.45. The number of hydrogen-bond donors (Lipinski definition) is 4. The van der Waals surface area contributed by atoms with Gasteiger partial charge in [-0.3, -0.25) is 9.59 Å². The van der Waals surface area contributed by atoms with Crippen LogP contribution in [0.15, 0.2) is 24.3 Å². The van der Waals surface area contributed by atoms with Gasteiger partial charge >= 0.3 is 0 Å². The van der Waals surface area contributed by atoms with Crippen molar-refractivity contribution in [3.63, 3.8) is 0 Å². The summed E-state index contributed by atoms with van der Waals surface area (Å²) in [6.07, 6.45) is 0.260. The predicted molar refractivity (Wildman–Crippen MR) is 81.9 cm³/mol. The molecule has 116 valence electrons. The van der Waals surface area contributed by atoms with Gasteiger partial charge in [0.2, 0.25) is 5.91 Å². The fourth-order valence-corrected chi connectivity index (χ4v) is 1.64. The van der Waals surface area contributed by atoms with Crippen molar-refractivity contribution in [1.82, 2.24) is 5.32 Å². The highest BCUT2D eigenvalue weighted by atomic mass is 16.3. The van der Waals surface area contributed by atoms with Crippen molar-refractivity contribution in [1.29, 1.82) is 0 Å². The zero-order valence-electron chi connectivity index (χ0n) is 12.4. The molecule has 6 heteroatoms. The number of hydrogen-bond acceptors (Lipinski definition) is 4. The minimum absolute atomic E-state index is 0.101. The second kappa shape index (κ2) is 8.39. The summed E-state index contributed by atoms with van der Waals surface area (Å²) >= 11 is 0. The van der Waals surface area contributed by atoms with Gasteiger partial charge in [0, 0.05) is 30.3 Å². The summed E-state index contributed by atoms with van der Waals surface area (Å²) in [5, 5.41) is 13.9. The van der Waals surface area contributed by atoms with Gasteiger partial charge in [0.1, 0.15) is 0 Å². The molecule has 0 heterocycles. The Balaban J connectivity index is 2.54. The fraction of sp³-hybridized carbons (Fsp3) is 0.467. The lowest BCUT2D eigenvalue weighted by Crippen LogP contribution is -2.31. The van der Waals surface area contributed by atoms with Crippen molar-refractivity contribution in [3.05, 3.63) is 29.8 Å². The van der Waals surface area contributed by atoms with E-state index < -0.39 is 0 Å². The lowest BCUT2D eigenvalue weighted by Gasteiger charge is -2.15. The van der Waals surface area contributed by atoms with Gasteiger partial charge in [-0.15, -0.1) is 0 Å². The number of carbonyl (C=O) groups is 2. The number of rotatable bonds is 7. The molecule has 21 heavy (non-hydrogen) atoms. The van der Waals surface area contributed by atoms with Crippen LogP contribution in [0, 0.1) is 5.92 Å². The Hall–Kier alpha value is -1.92. The van der Waals surface area contributed by atoms with E-state index in [-0.39, 0.29) is 43.3 Å². The summed E-state index contributed by atoms with van der Waals surface area (Å²) in [5.74, 6) is -0.161. The Morgan fingerprint density at radius 1 is 1.24 bits per heavy atom. The van der Waals surface area contributed by atoms with Crippen molar-refractivity contribution in [2.75, 3.05) is 18.5 Å². The van der Waals surface area contributed by atoms with Gasteiger partial charge < -0.3 is 21.5 Å². The maximum atomic E-state index is 11.8. The third kappa shape index (κ3) is 5.93. The first kappa shape index (κ1) is 17.1. The molecule has 0 fully saturated rings. The third-order valence-electron chi connectivity index (χ3n) is 3.11. The Labute approximate surface area is 124 Å². The van der Waals surface area contributed by atoms with Gasteiger partial charge in [0.05, 0.1) is 6.61 Å². The van der Waals surface area contributed by atoms with Crippen molar-refractivity contribution in [3.8, 4) is 0 Å². The molecule has 0 radical (unpaired) electrons. The van der Waals surface area contributed by atoms with Crippen molar-refractivity contribution < 1.29 is 14.7 Å². The van der Waals surface area contributed by atoms with Crippen LogP contribution in [0.1, 0.15) is 30.6 Å². The third-order valence-corrected chi connectivity index (χ3v) is 3.11. The molecule has 0 aromatic heterocycles. The number of aliphatic hydroxyl groups is 1. The van der Waals surface area contributed by atoms with Crippen molar-refractivity contribution in [2.24, 2.45) is 11.7 Å². The molecule has 0 saturated heterocycles. The van der Waals surface area contributed by atoms with E-state index in [0.717, 1.165) is 0 Å². The van der Waals surface area contributed by atoms with Crippen LogP contribution in [0.5, 0.6) is 0 Å². The van der Waals surface area contributed by atoms with Crippen LogP contribution in [-0.4, -0.2) is 36.1 Å². The Morgan fingerprint density at radius 2 is 1.86 bits per heavy atom. The maximum Gasteiger partial charge on any atom is 0.251 e. The van der Waals surface area contributed by atoms with Gasteiger partial charge in [0.15, 0.2) is 0 Å². The summed E-state index contributed by atoms with van der Waals surface area (Å²) in [5.41, 5.74) is 6.94. The molecular formula is C15H23N3O3. The first-order valence-electron chi connectivity index (χ1n) is 6.98. The lowest BCUT2D eigenvalue weighted by atomic mass is 10.0. The number of nitrogens with one attached hydrogen (secondary N) is 2. The molecule has 1 rings (SSSR count). The second-order valence-corrected chi connectivity index (χ2v) is 5.22. The van der Waals surface area contributed by atoms with Crippen LogP contribution < -0.4 is 16.4 Å². The number of benzene rings is 1. The number of aliphatic hydroxyl groups excluding tert-OH is 1. The van der Waals surface area contributed by atoms with E-state index in [1.165, 1.54) is 0 Å². The van der Waals surface area contributed by atoms with E-state index in [1.807, 2.05) is 13.8 Å². The maximum absolute atomic E-state index is 11.8. The highest BCUT2D eigenvalue weighted by Gasteiger charge is 2.13. The fourth-order valence-electron chi connectivity index (χ4n) is 1.64. The van der Waals surface area contributed by atoms with Crippen LogP contribution in [0.4, 0.5) is 5.69 Å². The largest absolute Gasteiger partial charge is 0.395 e. The number of amides is 2. The molecular weight excluding hydrogens is 270 g/mol. The van der Waals surface area contributed by atoms with Gasteiger partial charge in [0.25, 0.3) is 5.91 Å². The minimum atomic E-state index is -0.260. The van der Waals surface area contributed by atoms with Crippen LogP contribution >= 0.6 is 0 Å². The first-order valence-corrected chi connectivity index (χ1v) is 6.98. The summed E-state index contributed by atoms with van der Waals surface area (Å²) in [4.78, 5) is 23.4. The van der Waals surface area contributed by atoms with E-state index in [0.29, 0.717) is 11.3 Å². The molecule has 0 saturated carbocycles. The quantitative estimate of drug-likeness (QED) is 0.594. The molecule has 1 atom stereocenters. The summed E-state index contributed by atoms with van der Waals surface area (Å²) < 4.78 is 0. The molecule has 1 aromatic rings. The number of nitrogens with two attached hydrogens (primary N) is 1. The molecule has 0 aliphatic rings. The molecule has 0 aliphatic carbocycles. The molecule has 0 bridgehead atoms. The molecule has 1 unspecified atom stereocenters. The van der Waals surface area contributed by atoms with E-state index in [2.05, 4.69) is 10.6 Å². The topological polar surface area (TPSA) is 104 Å². The van der Waals surface area contributed by atoms with Gasteiger partial charge in [-0.2, -0.15) is 0 Å². The zero-order chi connectivity index (χ0) is 15.8. The SMILES string of the molecule is CC(C)C(N)CC(=O)Nc1ccc(C(=O)NCCO)cc1. The number of anilines is 1. The van der Waals surface area contributed by atoms with Crippen LogP contribution in [0.25, 0.3) is 0 Å². The van der Waals surface area contributed by atoms with Gasteiger partial charge in [-0.1, -0.05) is 13.8 Å². The minimum Gasteiger partial charge on any atom is -0.395 e. The van der Waals surface area contributed by atoms with E-state index in [9.17, 15) is 9.59 Å². The molecule has 0 spiro atoms. The van der Waals surface area contributed by atoms with Gasteiger partial charge in [-0.05, 0) is 30.2 Å². The van der Waals surface area contributed by atoms with Crippen molar-refractivity contribution in [2.45, 2.75) is 26.3 Å². The highest BCUT2D eigenvalue weighted by molar-refractivity contribution is 5.95. The van der Waals surface area contributed by atoms with Gasteiger partial charge in [-0.25, -0.2) is 0 Å². The number of carbonyl (C=O) groups excluding carboxylic acids is 2. The monoisotopic (exact) mass is 293 g/mol. The molecule has 2 amide bonds. The predicted octanol–water partition coefficient (Wildman–Crippen LogP) is 0.721. The van der Waals surface area contributed by atoms with Crippen LogP contribution in [0.3, 0.4) is 0 Å². The molecule has 5 N–H and O–H groups in total. The van der Waals surface area contributed by atoms with E-state index >= 15 is 0 Å². The Morgan fingerprint density at radius 3 is 2.38 bits per heavy atom. The molecule has 0 aliphatic heterocycles. The van der Waals surface area contributed by atoms with E-state index in [4.69, 9.17) is 10.8 Å². The highest BCUT2D eigenvalue weighted by Crippen LogP contribution is 2.11. The summed E-state index contributed by atoms with van der Waals surface area (Å²) in [6.45, 7) is 4.05. The standard InChI is InChI=1S/C15H23N3O3/c1-10(2)13(16)9-14(20)18-12-5-3-11(4-6-12)15(21)17-7-8-19/h3-6,10,13,19H,7-9,16H2,1-2H3,(H,17,21)(H,18,20). The second-order valence-electron chi connectivity index (χ2n) is 5.22. The zero-order valence-corrected chi connectivity index (χ0v) is 12.4. The van der Waals surface area contributed by atoms with Crippen LogP contribution in [-0.2, 0) is 4.79 Å². The van der Waals surface area contributed by atoms with Crippen LogP contribution in [0.2, 0.25) is 0 Å². The first-order chi connectivity index (χ1) is 9.93. The Bertz CT molecular complexity index is 472. The molecule has 6 nitrogen and oxygen atoms in total. The van der Waals surface area contributed by atoms with E-state index in [1.54, 1.807) is 24.3 Å².